The molecule has 0 aliphatic carbocycles. The maximum absolute atomic E-state index is 11.5. The molecule has 4 aromatic rings. The van der Waals surface area contributed by atoms with E-state index >= 15 is 0 Å². The first-order chi connectivity index (χ1) is 13.4. The smallest absolute Gasteiger partial charge is 0.238 e. The fraction of sp³-hybridized carbons (Fsp3) is 0.0556. The second kappa shape index (κ2) is 6.91. The predicted octanol–water partition coefficient (Wildman–Crippen LogP) is 2.80. The number of nitrogens with one attached hydrogen (secondary N) is 3. The molecular weight excluding hydrogens is 378 g/mol. The largest absolute Gasteiger partial charge is 0.339 e. The summed E-state index contributed by atoms with van der Waals surface area (Å²) in [7, 11) is -3.79. The lowest BCUT2D eigenvalue weighted by atomic mass is 10.1. The van der Waals surface area contributed by atoms with Gasteiger partial charge in [-0.2, -0.15) is 10.1 Å². The molecule has 9 nitrogen and oxygen atoms in total. The van der Waals surface area contributed by atoms with Gasteiger partial charge in [0, 0.05) is 17.3 Å². The number of benzene rings is 2. The van der Waals surface area contributed by atoms with Crippen molar-refractivity contribution in [2.45, 2.75) is 11.8 Å². The van der Waals surface area contributed by atoms with Crippen molar-refractivity contribution in [3.8, 4) is 0 Å². The zero-order chi connectivity index (χ0) is 19.7. The van der Waals surface area contributed by atoms with Crippen LogP contribution in [0.3, 0.4) is 0 Å². The third-order valence-electron chi connectivity index (χ3n) is 4.16. The summed E-state index contributed by atoms with van der Waals surface area (Å²) < 4.78 is 23.0. The highest BCUT2D eigenvalue weighted by molar-refractivity contribution is 7.89. The van der Waals surface area contributed by atoms with Crippen LogP contribution in [0.5, 0.6) is 0 Å². The van der Waals surface area contributed by atoms with Crippen LogP contribution >= 0.6 is 0 Å². The van der Waals surface area contributed by atoms with Gasteiger partial charge in [-0.3, -0.25) is 5.10 Å². The Bertz CT molecular complexity index is 1270. The second-order valence-corrected chi connectivity index (χ2v) is 7.74. The van der Waals surface area contributed by atoms with Gasteiger partial charge >= 0.3 is 0 Å². The predicted molar refractivity (Wildman–Crippen MR) is 107 cm³/mol. The van der Waals surface area contributed by atoms with Crippen LogP contribution in [-0.4, -0.2) is 28.6 Å². The Morgan fingerprint density at radius 1 is 1.11 bits per heavy atom. The third-order valence-corrected chi connectivity index (χ3v) is 5.07. The van der Waals surface area contributed by atoms with Crippen molar-refractivity contribution in [1.29, 1.82) is 0 Å². The van der Waals surface area contributed by atoms with Crippen molar-refractivity contribution in [3.05, 3.63) is 60.4 Å². The van der Waals surface area contributed by atoms with E-state index in [2.05, 4.69) is 30.8 Å². The standard InChI is InChI=1S/C18H17N7O2S/c1-11-5-6-15-14(10-21-25-15)17(11)23-16-7-8-20-18(24-16)22-12-3-2-4-13(9-12)28(19,26)27/h2-10H,1H3,(H,21,25)(H2,19,26,27)(H2,20,22,23,24). The molecule has 0 saturated heterocycles. The van der Waals surface area contributed by atoms with Crippen molar-refractivity contribution >= 4 is 44.1 Å². The van der Waals surface area contributed by atoms with Crippen LogP contribution in [0.25, 0.3) is 10.9 Å². The summed E-state index contributed by atoms with van der Waals surface area (Å²) in [4.78, 5) is 8.63. The maximum atomic E-state index is 11.5. The average Bonchev–Trinajstić information content (AvgIpc) is 3.13. The molecule has 0 bridgehead atoms. The zero-order valence-electron chi connectivity index (χ0n) is 14.8. The summed E-state index contributed by atoms with van der Waals surface area (Å²) in [5, 5.41) is 19.4. The number of anilines is 4. The van der Waals surface area contributed by atoms with Crippen LogP contribution in [0.4, 0.5) is 23.1 Å². The van der Waals surface area contributed by atoms with E-state index in [-0.39, 0.29) is 4.90 Å². The molecule has 4 rings (SSSR count). The molecule has 2 aromatic heterocycles. The summed E-state index contributed by atoms with van der Waals surface area (Å²) in [6, 6.07) is 11.8. The molecule has 0 amide bonds. The monoisotopic (exact) mass is 395 g/mol. The van der Waals surface area contributed by atoms with Gasteiger partial charge in [-0.15, -0.1) is 0 Å². The lowest BCUT2D eigenvalue weighted by molar-refractivity contribution is 0.598. The highest BCUT2D eigenvalue weighted by atomic mass is 32.2. The lowest BCUT2D eigenvalue weighted by Crippen LogP contribution is -2.12. The van der Waals surface area contributed by atoms with Crippen LogP contribution in [0, 0.1) is 6.92 Å². The van der Waals surface area contributed by atoms with E-state index in [4.69, 9.17) is 5.14 Å². The molecule has 142 valence electrons. The number of sulfonamides is 1. The van der Waals surface area contributed by atoms with Crippen molar-refractivity contribution in [2.24, 2.45) is 5.14 Å². The third kappa shape index (κ3) is 3.63. The van der Waals surface area contributed by atoms with Crippen LogP contribution < -0.4 is 15.8 Å². The van der Waals surface area contributed by atoms with Gasteiger partial charge in [0.1, 0.15) is 5.82 Å². The summed E-state index contributed by atoms with van der Waals surface area (Å²) >= 11 is 0. The molecule has 28 heavy (non-hydrogen) atoms. The number of H-pyrrole nitrogens is 1. The second-order valence-electron chi connectivity index (χ2n) is 6.18. The number of nitrogens with two attached hydrogens (primary N) is 1. The number of rotatable bonds is 5. The van der Waals surface area contributed by atoms with Gasteiger partial charge < -0.3 is 10.6 Å². The van der Waals surface area contributed by atoms with E-state index in [0.29, 0.717) is 17.5 Å². The molecule has 0 radical (unpaired) electrons. The van der Waals surface area contributed by atoms with Gasteiger partial charge in [-0.25, -0.2) is 18.5 Å². The number of hydrogen-bond donors (Lipinski definition) is 4. The highest BCUT2D eigenvalue weighted by Crippen LogP contribution is 2.28. The van der Waals surface area contributed by atoms with E-state index < -0.39 is 10.0 Å². The SMILES string of the molecule is Cc1ccc2[nH]ncc2c1Nc1ccnc(Nc2cccc(S(N)(=O)=O)c2)n1. The summed E-state index contributed by atoms with van der Waals surface area (Å²) in [5.74, 6) is 0.894. The first-order valence-corrected chi connectivity index (χ1v) is 9.87. The Kier molecular flexibility index (Phi) is 4.41. The number of hydrogen-bond acceptors (Lipinski definition) is 7. The quantitative estimate of drug-likeness (QED) is 0.407. The van der Waals surface area contributed by atoms with Gasteiger partial charge in [0.15, 0.2) is 0 Å². The Morgan fingerprint density at radius 3 is 2.79 bits per heavy atom. The zero-order valence-corrected chi connectivity index (χ0v) is 15.7. The van der Waals surface area contributed by atoms with E-state index in [1.165, 1.54) is 12.1 Å². The van der Waals surface area contributed by atoms with E-state index in [1.807, 2.05) is 19.1 Å². The number of nitrogens with zero attached hydrogens (tertiary/aromatic N) is 3. The Morgan fingerprint density at radius 2 is 1.96 bits per heavy atom. The van der Waals surface area contributed by atoms with Gasteiger partial charge in [-0.1, -0.05) is 12.1 Å². The Labute approximate surface area is 161 Å². The van der Waals surface area contributed by atoms with Gasteiger partial charge in [0.05, 0.1) is 22.3 Å². The summed E-state index contributed by atoms with van der Waals surface area (Å²) in [5.41, 5.74) is 3.37. The van der Waals surface area contributed by atoms with E-state index in [0.717, 1.165) is 22.2 Å². The van der Waals surface area contributed by atoms with Crippen molar-refractivity contribution < 1.29 is 8.42 Å². The first-order valence-electron chi connectivity index (χ1n) is 8.33. The Balaban J connectivity index is 1.62. The average molecular weight is 395 g/mol. The molecule has 2 heterocycles. The van der Waals surface area contributed by atoms with E-state index in [9.17, 15) is 8.42 Å². The van der Waals surface area contributed by atoms with Crippen LogP contribution in [0.15, 0.2) is 59.8 Å². The highest BCUT2D eigenvalue weighted by Gasteiger charge is 2.10. The molecular formula is C18H17N7O2S. The lowest BCUT2D eigenvalue weighted by Gasteiger charge is -2.11. The summed E-state index contributed by atoms with van der Waals surface area (Å²) in [6.07, 6.45) is 3.36. The topological polar surface area (TPSA) is 139 Å². The maximum Gasteiger partial charge on any atom is 0.238 e. The summed E-state index contributed by atoms with van der Waals surface area (Å²) in [6.45, 7) is 1.99. The van der Waals surface area contributed by atoms with E-state index in [1.54, 1.807) is 30.6 Å². The minimum Gasteiger partial charge on any atom is -0.339 e. The fourth-order valence-corrected chi connectivity index (χ4v) is 3.35. The molecule has 2 aromatic carbocycles. The fourth-order valence-electron chi connectivity index (χ4n) is 2.79. The van der Waals surface area contributed by atoms with Crippen molar-refractivity contribution in [3.63, 3.8) is 0 Å². The number of aryl methyl sites for hydroxylation is 1. The number of primary sulfonamides is 1. The molecule has 0 saturated carbocycles. The molecule has 0 aliphatic rings. The minimum atomic E-state index is -3.79. The van der Waals surface area contributed by atoms with Crippen LogP contribution in [0.1, 0.15) is 5.56 Å². The van der Waals surface area contributed by atoms with Crippen molar-refractivity contribution in [2.75, 3.05) is 10.6 Å². The number of fused-ring (bicyclic) bond motifs is 1. The van der Waals surface area contributed by atoms with Gasteiger partial charge in [-0.05, 0) is 42.8 Å². The molecule has 0 unspecified atom stereocenters. The number of aromatic nitrogens is 4. The normalized spacial score (nSPS) is 11.5. The molecule has 5 N–H and O–H groups in total. The molecule has 10 heteroatoms. The molecule has 0 atom stereocenters. The minimum absolute atomic E-state index is 0.00837. The Hall–Kier alpha value is -3.50. The molecule has 0 fully saturated rings. The van der Waals surface area contributed by atoms with Crippen LogP contribution in [-0.2, 0) is 10.0 Å². The first kappa shape index (κ1) is 17.9. The van der Waals surface area contributed by atoms with Gasteiger partial charge in [0.25, 0.3) is 0 Å². The number of aromatic amines is 1. The molecule has 0 aliphatic heterocycles. The van der Waals surface area contributed by atoms with Crippen molar-refractivity contribution in [1.82, 2.24) is 20.2 Å². The van der Waals surface area contributed by atoms with Crippen LogP contribution in [0.2, 0.25) is 0 Å². The van der Waals surface area contributed by atoms with Gasteiger partial charge in [0.2, 0.25) is 16.0 Å². The molecule has 0 spiro atoms.